The Kier molecular flexibility index (Phi) is 45.3. The molecule has 0 aromatic rings. The summed E-state index contributed by atoms with van der Waals surface area (Å²) in [6.45, 7) is 4.33. The minimum absolute atomic E-state index is 0.0650. The first-order chi connectivity index (χ1) is 26.7. The third-order valence-electron chi connectivity index (χ3n) is 11.4. The van der Waals surface area contributed by atoms with Crippen molar-refractivity contribution in [3.8, 4) is 0 Å². The van der Waals surface area contributed by atoms with Crippen molar-refractivity contribution < 1.29 is 15.0 Å². The number of carbonyl (C=O) groups excluding carboxylic acids is 1. The number of hydrogen-bond donors (Lipinski definition) is 3. The summed E-state index contributed by atoms with van der Waals surface area (Å²) in [6, 6.07) is -0.622. The van der Waals surface area contributed by atoms with E-state index in [2.05, 4.69) is 31.3 Å². The van der Waals surface area contributed by atoms with Crippen molar-refractivity contribution in [2.75, 3.05) is 6.61 Å². The van der Waals surface area contributed by atoms with Crippen LogP contribution in [0, 0.1) is 0 Å². The predicted molar refractivity (Wildman–Crippen MR) is 239 cm³/mol. The third-order valence-corrected chi connectivity index (χ3v) is 11.4. The number of allylic oxidation sites excluding steroid dienone is 3. The SMILES string of the molecule is CCCCCCCCCCC/C=C\CCCCCCCCCC(=O)NC(CO)C(O)/C=C/CCCCCCCCCCCCCCCCCCCCCC. The highest BCUT2D eigenvalue weighted by atomic mass is 16.3. The van der Waals surface area contributed by atoms with Gasteiger partial charge in [-0.3, -0.25) is 4.79 Å². The van der Waals surface area contributed by atoms with Crippen molar-refractivity contribution in [3.63, 3.8) is 0 Å². The predicted octanol–water partition coefficient (Wildman–Crippen LogP) is 15.6. The van der Waals surface area contributed by atoms with Crippen molar-refractivity contribution >= 4 is 5.91 Å². The van der Waals surface area contributed by atoms with Crippen LogP contribution in [-0.4, -0.2) is 34.9 Å². The lowest BCUT2D eigenvalue weighted by molar-refractivity contribution is -0.123. The van der Waals surface area contributed by atoms with Crippen molar-refractivity contribution in [2.45, 2.75) is 283 Å². The quantitative estimate of drug-likeness (QED) is 0.0428. The van der Waals surface area contributed by atoms with Gasteiger partial charge < -0.3 is 15.5 Å². The summed E-state index contributed by atoms with van der Waals surface area (Å²) in [5.74, 6) is -0.0650. The van der Waals surface area contributed by atoms with Crippen LogP contribution in [0.3, 0.4) is 0 Å². The highest BCUT2D eigenvalue weighted by Crippen LogP contribution is 2.16. The summed E-state index contributed by atoms with van der Waals surface area (Å²) in [5, 5.41) is 23.1. The first-order valence-electron chi connectivity index (χ1n) is 24.6. The summed E-state index contributed by atoms with van der Waals surface area (Å²) in [6.07, 6.45) is 60.2. The number of aliphatic hydroxyl groups excluding tert-OH is 2. The molecule has 0 rings (SSSR count). The second-order valence-corrected chi connectivity index (χ2v) is 16.9. The third kappa shape index (κ3) is 42.0. The number of nitrogens with one attached hydrogen (secondary N) is 1. The molecule has 0 spiro atoms. The number of rotatable bonds is 45. The van der Waals surface area contributed by atoms with Crippen LogP contribution in [0.5, 0.6) is 0 Å². The first kappa shape index (κ1) is 52.9. The van der Waals surface area contributed by atoms with Gasteiger partial charge in [0.1, 0.15) is 0 Å². The van der Waals surface area contributed by atoms with Gasteiger partial charge in [-0.15, -0.1) is 0 Å². The van der Waals surface area contributed by atoms with Gasteiger partial charge in [-0.1, -0.05) is 244 Å². The minimum atomic E-state index is -0.839. The lowest BCUT2D eigenvalue weighted by Gasteiger charge is -2.20. The molecule has 0 heterocycles. The van der Waals surface area contributed by atoms with E-state index in [1.807, 2.05) is 6.08 Å². The molecule has 0 aliphatic heterocycles. The summed E-state index contributed by atoms with van der Waals surface area (Å²) in [7, 11) is 0. The fourth-order valence-electron chi connectivity index (χ4n) is 7.65. The van der Waals surface area contributed by atoms with Gasteiger partial charge in [-0.25, -0.2) is 0 Å². The molecule has 54 heavy (non-hydrogen) atoms. The van der Waals surface area contributed by atoms with Crippen molar-refractivity contribution in [1.29, 1.82) is 0 Å². The molecule has 2 unspecified atom stereocenters. The van der Waals surface area contributed by atoms with E-state index < -0.39 is 12.1 Å². The molecule has 1 amide bonds. The summed E-state index contributed by atoms with van der Waals surface area (Å²) in [5.41, 5.74) is 0. The zero-order chi connectivity index (χ0) is 39.3. The molecule has 2 atom stereocenters. The summed E-state index contributed by atoms with van der Waals surface area (Å²) >= 11 is 0. The van der Waals surface area contributed by atoms with Crippen LogP contribution in [0.4, 0.5) is 0 Å². The fourth-order valence-corrected chi connectivity index (χ4v) is 7.65. The Hall–Kier alpha value is -1.13. The second kappa shape index (κ2) is 46.3. The van der Waals surface area contributed by atoms with Gasteiger partial charge in [-0.05, 0) is 44.9 Å². The molecule has 0 aliphatic rings. The van der Waals surface area contributed by atoms with Gasteiger partial charge in [0.25, 0.3) is 0 Å². The Morgan fingerprint density at radius 1 is 0.426 bits per heavy atom. The number of hydrogen-bond acceptors (Lipinski definition) is 3. The molecule has 0 saturated carbocycles. The van der Waals surface area contributed by atoms with E-state index in [0.717, 1.165) is 25.7 Å². The molecule has 0 radical (unpaired) electrons. The van der Waals surface area contributed by atoms with E-state index >= 15 is 0 Å². The van der Waals surface area contributed by atoms with Crippen LogP contribution in [0.2, 0.25) is 0 Å². The van der Waals surface area contributed by atoms with Crippen LogP contribution in [0.1, 0.15) is 271 Å². The largest absolute Gasteiger partial charge is 0.394 e. The first-order valence-corrected chi connectivity index (χ1v) is 24.6. The maximum Gasteiger partial charge on any atom is 0.220 e. The van der Waals surface area contributed by atoms with E-state index in [0.29, 0.717) is 6.42 Å². The molecule has 0 bridgehead atoms. The molecule has 320 valence electrons. The Morgan fingerprint density at radius 2 is 0.704 bits per heavy atom. The van der Waals surface area contributed by atoms with Crippen molar-refractivity contribution in [1.82, 2.24) is 5.32 Å². The molecule has 0 fully saturated rings. The molecule has 4 heteroatoms. The lowest BCUT2D eigenvalue weighted by Crippen LogP contribution is -2.45. The second-order valence-electron chi connectivity index (χ2n) is 16.9. The van der Waals surface area contributed by atoms with Gasteiger partial charge in [0, 0.05) is 6.42 Å². The standard InChI is InChI=1S/C50H97NO3/c1-3-5-7-9-11-13-15-17-19-21-23-25-26-27-29-31-33-35-37-39-41-43-45-49(53)48(47-52)51-50(54)46-44-42-40-38-36-34-32-30-28-24-22-20-18-16-14-12-10-8-6-4-2/h24,28,43,45,48-49,52-53H,3-23,25-27,29-42,44,46-47H2,1-2H3,(H,51,54)/b28-24-,45-43+. The molecule has 0 saturated heterocycles. The zero-order valence-corrected chi connectivity index (χ0v) is 36.8. The van der Waals surface area contributed by atoms with Gasteiger partial charge in [-0.2, -0.15) is 0 Å². The van der Waals surface area contributed by atoms with Crippen LogP contribution in [0.15, 0.2) is 24.3 Å². The fraction of sp³-hybridized carbons (Fsp3) is 0.900. The number of aliphatic hydroxyl groups is 2. The maximum absolute atomic E-state index is 12.4. The van der Waals surface area contributed by atoms with Crippen LogP contribution in [-0.2, 0) is 4.79 Å². The monoisotopic (exact) mass is 760 g/mol. The Morgan fingerprint density at radius 3 is 1.02 bits per heavy atom. The van der Waals surface area contributed by atoms with Crippen molar-refractivity contribution in [2.24, 2.45) is 0 Å². The van der Waals surface area contributed by atoms with Crippen LogP contribution >= 0.6 is 0 Å². The highest BCUT2D eigenvalue weighted by molar-refractivity contribution is 5.76. The van der Waals surface area contributed by atoms with Crippen molar-refractivity contribution in [3.05, 3.63) is 24.3 Å². The van der Waals surface area contributed by atoms with Gasteiger partial charge in [0.05, 0.1) is 18.8 Å². The molecule has 0 aliphatic carbocycles. The average molecular weight is 760 g/mol. The average Bonchev–Trinajstić information content (AvgIpc) is 3.18. The van der Waals surface area contributed by atoms with Crippen LogP contribution < -0.4 is 5.32 Å². The number of amides is 1. The van der Waals surface area contributed by atoms with E-state index in [-0.39, 0.29) is 12.5 Å². The Labute approximate surface area is 339 Å². The molecule has 4 nitrogen and oxygen atoms in total. The Balaban J connectivity index is 3.52. The minimum Gasteiger partial charge on any atom is -0.394 e. The maximum atomic E-state index is 12.4. The molecule has 0 aromatic carbocycles. The summed E-state index contributed by atoms with van der Waals surface area (Å²) in [4.78, 5) is 12.4. The van der Waals surface area contributed by atoms with E-state index in [1.54, 1.807) is 6.08 Å². The lowest BCUT2D eigenvalue weighted by atomic mass is 10.0. The van der Waals surface area contributed by atoms with E-state index in [9.17, 15) is 15.0 Å². The number of carbonyl (C=O) groups is 1. The molecule has 0 aromatic heterocycles. The van der Waals surface area contributed by atoms with E-state index in [4.69, 9.17) is 0 Å². The van der Waals surface area contributed by atoms with Gasteiger partial charge >= 0.3 is 0 Å². The normalized spacial score (nSPS) is 13.0. The highest BCUT2D eigenvalue weighted by Gasteiger charge is 2.18. The Bertz CT molecular complexity index is 780. The summed E-state index contributed by atoms with van der Waals surface area (Å²) < 4.78 is 0. The van der Waals surface area contributed by atoms with Gasteiger partial charge in [0.2, 0.25) is 5.91 Å². The smallest absolute Gasteiger partial charge is 0.220 e. The van der Waals surface area contributed by atoms with Gasteiger partial charge in [0.15, 0.2) is 0 Å². The van der Waals surface area contributed by atoms with E-state index in [1.165, 1.54) is 225 Å². The van der Waals surface area contributed by atoms with Crippen LogP contribution in [0.25, 0.3) is 0 Å². The zero-order valence-electron chi connectivity index (χ0n) is 36.8. The molecular weight excluding hydrogens is 663 g/mol. The molecular formula is C50H97NO3. The topological polar surface area (TPSA) is 69.6 Å². The number of unbranched alkanes of at least 4 members (excludes halogenated alkanes) is 36. The molecule has 3 N–H and O–H groups in total.